The van der Waals surface area contributed by atoms with Crippen LogP contribution in [0.5, 0.6) is 5.75 Å². The molecule has 2 heterocycles. The van der Waals surface area contributed by atoms with E-state index in [4.69, 9.17) is 9.47 Å². The second kappa shape index (κ2) is 9.20. The number of hydrogen-bond donors (Lipinski definition) is 1. The van der Waals surface area contributed by atoms with Crippen LogP contribution in [0.3, 0.4) is 0 Å². The minimum absolute atomic E-state index is 0.00627. The predicted octanol–water partition coefficient (Wildman–Crippen LogP) is 4.67. The van der Waals surface area contributed by atoms with Gasteiger partial charge < -0.3 is 24.3 Å². The highest BCUT2D eigenvalue weighted by Gasteiger charge is 2.30. The van der Waals surface area contributed by atoms with Gasteiger partial charge in [0.15, 0.2) is 0 Å². The van der Waals surface area contributed by atoms with E-state index in [2.05, 4.69) is 4.98 Å². The molecule has 1 unspecified atom stereocenters. The molecule has 1 aliphatic heterocycles. The molecule has 170 valence electrons. The standard InChI is InChI=1S/C24H35N3O4/c1-16(2)27(23(29)31-24(3,4)5)15-17-8-7-11-26(14-17)22(28)21-12-18-9-10-19(30-6)13-20(18)25-21/h9-10,12-13,16-17,25H,7-8,11,14-15H2,1-6H3. The van der Waals surface area contributed by atoms with Crippen molar-refractivity contribution in [3.63, 3.8) is 0 Å². The van der Waals surface area contributed by atoms with Gasteiger partial charge >= 0.3 is 6.09 Å². The van der Waals surface area contributed by atoms with Gasteiger partial charge in [-0.3, -0.25) is 4.79 Å². The molecule has 1 atom stereocenters. The van der Waals surface area contributed by atoms with E-state index >= 15 is 0 Å². The quantitative estimate of drug-likeness (QED) is 0.749. The number of carbonyl (C=O) groups excluding carboxylic acids is 2. The van der Waals surface area contributed by atoms with Crippen molar-refractivity contribution in [2.75, 3.05) is 26.7 Å². The number of benzene rings is 1. The number of hydrogen-bond acceptors (Lipinski definition) is 4. The van der Waals surface area contributed by atoms with Crippen molar-refractivity contribution in [1.82, 2.24) is 14.8 Å². The summed E-state index contributed by atoms with van der Waals surface area (Å²) in [5, 5.41) is 0.980. The van der Waals surface area contributed by atoms with Crippen LogP contribution < -0.4 is 4.74 Å². The zero-order chi connectivity index (χ0) is 22.8. The lowest BCUT2D eigenvalue weighted by atomic mass is 9.96. The molecule has 1 aromatic heterocycles. The van der Waals surface area contributed by atoms with E-state index in [-0.39, 0.29) is 24.0 Å². The van der Waals surface area contributed by atoms with Crippen LogP contribution >= 0.6 is 0 Å². The van der Waals surface area contributed by atoms with Crippen molar-refractivity contribution in [2.45, 2.75) is 59.1 Å². The highest BCUT2D eigenvalue weighted by atomic mass is 16.6. The molecular formula is C24H35N3O4. The Labute approximate surface area is 184 Å². The first kappa shape index (κ1) is 23.0. The second-order valence-electron chi connectivity index (χ2n) is 9.62. The largest absolute Gasteiger partial charge is 0.497 e. The van der Waals surface area contributed by atoms with Crippen molar-refractivity contribution in [1.29, 1.82) is 0 Å². The molecule has 3 rings (SSSR count). The molecule has 1 saturated heterocycles. The fraction of sp³-hybridized carbons (Fsp3) is 0.583. The van der Waals surface area contributed by atoms with Crippen molar-refractivity contribution in [3.8, 4) is 5.75 Å². The number of fused-ring (bicyclic) bond motifs is 1. The van der Waals surface area contributed by atoms with Crippen LogP contribution in [0.25, 0.3) is 10.9 Å². The molecular weight excluding hydrogens is 394 g/mol. The second-order valence-corrected chi connectivity index (χ2v) is 9.62. The van der Waals surface area contributed by atoms with Crippen LogP contribution in [0.2, 0.25) is 0 Å². The van der Waals surface area contributed by atoms with Crippen molar-refractivity contribution >= 4 is 22.9 Å². The Hall–Kier alpha value is -2.70. The molecule has 0 aliphatic carbocycles. The molecule has 0 bridgehead atoms. The molecule has 1 fully saturated rings. The molecule has 0 spiro atoms. The van der Waals surface area contributed by atoms with Crippen LogP contribution in [0, 0.1) is 5.92 Å². The number of likely N-dealkylation sites (tertiary alicyclic amines) is 1. The number of carbonyl (C=O) groups is 2. The van der Waals surface area contributed by atoms with Crippen molar-refractivity contribution < 1.29 is 19.1 Å². The van der Waals surface area contributed by atoms with Crippen molar-refractivity contribution in [3.05, 3.63) is 30.0 Å². The van der Waals surface area contributed by atoms with Gasteiger partial charge in [-0.05, 0) is 71.6 Å². The van der Waals surface area contributed by atoms with Crippen LogP contribution in [0.15, 0.2) is 24.3 Å². The third-order valence-corrected chi connectivity index (χ3v) is 5.57. The maximum absolute atomic E-state index is 13.2. The third-order valence-electron chi connectivity index (χ3n) is 5.57. The zero-order valence-electron chi connectivity index (χ0n) is 19.5. The summed E-state index contributed by atoms with van der Waals surface area (Å²) < 4.78 is 10.9. The molecule has 7 nitrogen and oxygen atoms in total. The van der Waals surface area contributed by atoms with Crippen LogP contribution in [-0.4, -0.2) is 65.2 Å². The van der Waals surface area contributed by atoms with E-state index in [1.807, 2.05) is 63.8 Å². The number of rotatable bonds is 5. The normalized spacial score (nSPS) is 17.1. The number of piperidine rings is 1. The highest BCUT2D eigenvalue weighted by Crippen LogP contribution is 2.25. The van der Waals surface area contributed by atoms with Gasteiger partial charge in [0, 0.05) is 42.6 Å². The van der Waals surface area contributed by atoms with Gasteiger partial charge in [0.1, 0.15) is 17.0 Å². The summed E-state index contributed by atoms with van der Waals surface area (Å²) in [5.41, 5.74) is 0.931. The molecule has 7 heteroatoms. The Morgan fingerprint density at radius 1 is 1.26 bits per heavy atom. The number of nitrogens with zero attached hydrogens (tertiary/aromatic N) is 2. The maximum atomic E-state index is 13.2. The molecule has 1 aliphatic rings. The first-order valence-electron chi connectivity index (χ1n) is 11.0. The third kappa shape index (κ3) is 5.71. The summed E-state index contributed by atoms with van der Waals surface area (Å²) in [6.07, 6.45) is 1.61. The molecule has 0 saturated carbocycles. The zero-order valence-corrected chi connectivity index (χ0v) is 19.5. The Bertz CT molecular complexity index is 929. The Kier molecular flexibility index (Phi) is 6.82. The smallest absolute Gasteiger partial charge is 0.410 e. The fourth-order valence-corrected chi connectivity index (χ4v) is 4.01. The summed E-state index contributed by atoms with van der Waals surface area (Å²) in [6, 6.07) is 7.65. The van der Waals surface area contributed by atoms with Gasteiger partial charge in [-0.25, -0.2) is 4.79 Å². The van der Waals surface area contributed by atoms with Crippen LogP contribution in [0.4, 0.5) is 4.79 Å². The topological polar surface area (TPSA) is 74.9 Å². The number of aromatic nitrogens is 1. The van der Waals surface area contributed by atoms with Gasteiger partial charge in [-0.1, -0.05) is 0 Å². The molecule has 1 aromatic carbocycles. The average Bonchev–Trinajstić information content (AvgIpc) is 3.13. The van der Waals surface area contributed by atoms with E-state index < -0.39 is 5.60 Å². The van der Waals surface area contributed by atoms with E-state index in [0.29, 0.717) is 18.8 Å². The Balaban J connectivity index is 1.69. The molecule has 2 amide bonds. The lowest BCUT2D eigenvalue weighted by molar-refractivity contribution is 0.0123. The summed E-state index contributed by atoms with van der Waals surface area (Å²) >= 11 is 0. The Morgan fingerprint density at radius 2 is 2.00 bits per heavy atom. The number of ether oxygens (including phenoxy) is 2. The van der Waals surface area contributed by atoms with Gasteiger partial charge in [0.2, 0.25) is 0 Å². The SMILES string of the molecule is COc1ccc2cc(C(=O)N3CCCC(CN(C(=O)OC(C)(C)C)C(C)C)C3)[nH]c2c1. The predicted molar refractivity (Wildman–Crippen MR) is 122 cm³/mol. The minimum atomic E-state index is -0.531. The van der Waals surface area contributed by atoms with E-state index in [1.54, 1.807) is 12.0 Å². The molecule has 31 heavy (non-hydrogen) atoms. The van der Waals surface area contributed by atoms with E-state index in [1.165, 1.54) is 0 Å². The average molecular weight is 430 g/mol. The van der Waals surface area contributed by atoms with E-state index in [9.17, 15) is 9.59 Å². The summed E-state index contributed by atoms with van der Waals surface area (Å²) in [6.45, 7) is 11.6. The van der Waals surface area contributed by atoms with E-state index in [0.717, 1.165) is 36.0 Å². The van der Waals surface area contributed by atoms with Crippen LogP contribution in [-0.2, 0) is 4.74 Å². The summed E-state index contributed by atoms with van der Waals surface area (Å²) in [5.74, 6) is 0.965. The number of H-pyrrole nitrogens is 1. The first-order valence-corrected chi connectivity index (χ1v) is 11.0. The number of aromatic amines is 1. The monoisotopic (exact) mass is 429 g/mol. The lowest BCUT2D eigenvalue weighted by Gasteiger charge is -2.37. The lowest BCUT2D eigenvalue weighted by Crippen LogP contribution is -2.48. The van der Waals surface area contributed by atoms with Gasteiger partial charge in [-0.2, -0.15) is 0 Å². The minimum Gasteiger partial charge on any atom is -0.497 e. The van der Waals surface area contributed by atoms with Gasteiger partial charge in [-0.15, -0.1) is 0 Å². The number of nitrogens with one attached hydrogen (secondary N) is 1. The highest BCUT2D eigenvalue weighted by molar-refractivity contribution is 5.98. The summed E-state index contributed by atoms with van der Waals surface area (Å²) in [4.78, 5) is 32.7. The summed E-state index contributed by atoms with van der Waals surface area (Å²) in [7, 11) is 1.63. The maximum Gasteiger partial charge on any atom is 0.410 e. The fourth-order valence-electron chi connectivity index (χ4n) is 4.01. The number of amides is 2. The first-order chi connectivity index (χ1) is 14.6. The number of methoxy groups -OCH3 is 1. The van der Waals surface area contributed by atoms with Gasteiger partial charge in [0.05, 0.1) is 7.11 Å². The molecule has 1 N–H and O–H groups in total. The molecule has 0 radical (unpaired) electrons. The van der Waals surface area contributed by atoms with Gasteiger partial charge in [0.25, 0.3) is 5.91 Å². The van der Waals surface area contributed by atoms with Crippen LogP contribution in [0.1, 0.15) is 57.9 Å². The Morgan fingerprint density at radius 3 is 2.65 bits per heavy atom. The van der Waals surface area contributed by atoms with Crippen molar-refractivity contribution in [2.24, 2.45) is 5.92 Å². The molecule has 2 aromatic rings.